The van der Waals surface area contributed by atoms with Crippen molar-refractivity contribution in [3.63, 3.8) is 0 Å². The van der Waals surface area contributed by atoms with E-state index in [0.29, 0.717) is 33.8 Å². The summed E-state index contributed by atoms with van der Waals surface area (Å²) in [6, 6.07) is 11.7. The monoisotopic (exact) mass is 353 g/mol. The van der Waals surface area contributed by atoms with Crippen LogP contribution in [0.25, 0.3) is 0 Å². The van der Waals surface area contributed by atoms with E-state index < -0.39 is 11.7 Å². The maximum Gasteiger partial charge on any atom is 0.288 e. The van der Waals surface area contributed by atoms with Crippen LogP contribution in [-0.4, -0.2) is 25.4 Å². The van der Waals surface area contributed by atoms with Crippen LogP contribution in [0.5, 0.6) is 11.5 Å². The quantitative estimate of drug-likeness (QED) is 0.753. The van der Waals surface area contributed by atoms with Crippen molar-refractivity contribution >= 4 is 23.4 Å². The minimum absolute atomic E-state index is 0.257. The molecule has 0 atom stereocenters. The first kappa shape index (κ1) is 18.1. The lowest BCUT2D eigenvalue weighted by Crippen LogP contribution is -2.20. The Morgan fingerprint density at radius 3 is 2.67 bits per heavy atom. The molecule has 0 fully saturated rings. The summed E-state index contributed by atoms with van der Waals surface area (Å²) in [5.41, 5.74) is 1.33. The number of hydrogen-bond donors (Lipinski definition) is 1. The molecule has 1 N–H and O–H groups in total. The van der Waals surface area contributed by atoms with Crippen LogP contribution in [0.15, 0.2) is 47.4 Å². The summed E-state index contributed by atoms with van der Waals surface area (Å²) in [6.45, 7) is 1.66. The Morgan fingerprint density at radius 1 is 1.21 bits per heavy atom. The summed E-state index contributed by atoms with van der Waals surface area (Å²) in [7, 11) is 1.51. The lowest BCUT2D eigenvalue weighted by molar-refractivity contribution is -0.118. The highest BCUT2D eigenvalue weighted by Gasteiger charge is 2.13. The van der Waals surface area contributed by atoms with Gasteiger partial charge in [0.05, 0.1) is 12.8 Å². The van der Waals surface area contributed by atoms with Crippen molar-refractivity contribution < 1.29 is 23.0 Å². The fraction of sp³-hybridized carbons (Fsp3) is 0.235. The van der Waals surface area contributed by atoms with Crippen molar-refractivity contribution in [3.8, 4) is 11.5 Å². The molecule has 0 bridgehead atoms. The van der Waals surface area contributed by atoms with Crippen molar-refractivity contribution in [2.24, 2.45) is 0 Å². The highest BCUT2D eigenvalue weighted by molar-refractivity contribution is 7.99. The molecule has 0 spiro atoms. The van der Waals surface area contributed by atoms with Gasteiger partial charge in [-0.1, -0.05) is 30.0 Å². The zero-order valence-electron chi connectivity index (χ0n) is 13.2. The third-order valence-electron chi connectivity index (χ3n) is 3.06. The minimum atomic E-state index is -2.56. The van der Waals surface area contributed by atoms with Gasteiger partial charge >= 0.3 is 0 Å². The Labute approximate surface area is 143 Å². The number of thioether (sulfide) groups is 1. The molecule has 0 unspecified atom stereocenters. The van der Waals surface area contributed by atoms with E-state index in [1.807, 2.05) is 13.0 Å². The van der Waals surface area contributed by atoms with E-state index in [9.17, 15) is 13.6 Å². The second-order valence-corrected chi connectivity index (χ2v) is 5.90. The number of benzene rings is 2. The first-order valence-corrected chi connectivity index (χ1v) is 7.98. The number of ether oxygens (including phenoxy) is 2. The fourth-order valence-electron chi connectivity index (χ4n) is 1.99. The molecule has 128 valence electrons. The summed E-state index contributed by atoms with van der Waals surface area (Å²) in [5.74, 6) is -2.04. The van der Waals surface area contributed by atoms with Gasteiger partial charge in [0.2, 0.25) is 0 Å². The number of alkyl halides is 2. The summed E-state index contributed by atoms with van der Waals surface area (Å²) < 4.78 is 35.7. The first-order chi connectivity index (χ1) is 11.5. The van der Waals surface area contributed by atoms with E-state index >= 15 is 0 Å². The predicted molar refractivity (Wildman–Crippen MR) is 90.2 cm³/mol. The van der Waals surface area contributed by atoms with E-state index in [-0.39, 0.29) is 6.61 Å². The highest BCUT2D eigenvalue weighted by Crippen LogP contribution is 2.32. The average Bonchev–Trinajstić information content (AvgIpc) is 2.55. The predicted octanol–water partition coefficient (Wildman–Crippen LogP) is 4.34. The zero-order chi connectivity index (χ0) is 17.5. The number of aryl methyl sites for hydroxylation is 1. The molecule has 0 aliphatic carbocycles. The molecular formula is C17H17F2NO3S. The van der Waals surface area contributed by atoms with Gasteiger partial charge in [-0.05, 0) is 36.8 Å². The topological polar surface area (TPSA) is 47.6 Å². The number of amides is 1. The number of para-hydroxylation sites is 1. The molecule has 0 saturated carbocycles. The van der Waals surface area contributed by atoms with Crippen LogP contribution in [0.2, 0.25) is 0 Å². The number of halogens is 2. The van der Waals surface area contributed by atoms with Gasteiger partial charge in [0.15, 0.2) is 18.1 Å². The smallest absolute Gasteiger partial charge is 0.288 e. The van der Waals surface area contributed by atoms with Crippen molar-refractivity contribution in [2.45, 2.75) is 17.6 Å². The normalized spacial score (nSPS) is 10.5. The molecule has 2 aromatic rings. The Kier molecular flexibility index (Phi) is 6.43. The van der Waals surface area contributed by atoms with Gasteiger partial charge in [-0.25, -0.2) is 0 Å². The van der Waals surface area contributed by atoms with Crippen molar-refractivity contribution in [2.75, 3.05) is 19.0 Å². The number of nitrogens with one attached hydrogen (secondary N) is 1. The number of carbonyl (C=O) groups is 1. The summed E-state index contributed by atoms with van der Waals surface area (Å²) in [4.78, 5) is 12.3. The average molecular weight is 353 g/mol. The second kappa shape index (κ2) is 8.54. The molecule has 0 aliphatic heterocycles. The van der Waals surface area contributed by atoms with Crippen LogP contribution in [0.3, 0.4) is 0 Å². The lowest BCUT2D eigenvalue weighted by atomic mass is 10.2. The van der Waals surface area contributed by atoms with Gasteiger partial charge in [-0.15, -0.1) is 0 Å². The Morgan fingerprint density at radius 2 is 1.96 bits per heavy atom. The Bertz CT molecular complexity index is 710. The second-order valence-electron chi connectivity index (χ2n) is 4.87. The number of carbonyl (C=O) groups excluding carboxylic acids is 1. The van der Waals surface area contributed by atoms with E-state index in [1.54, 1.807) is 30.3 Å². The lowest BCUT2D eigenvalue weighted by Gasteiger charge is -2.13. The highest BCUT2D eigenvalue weighted by atomic mass is 32.2. The molecule has 4 nitrogen and oxygen atoms in total. The van der Waals surface area contributed by atoms with Gasteiger partial charge in [0, 0.05) is 4.90 Å². The van der Waals surface area contributed by atoms with Crippen LogP contribution in [-0.2, 0) is 4.79 Å². The van der Waals surface area contributed by atoms with Crippen molar-refractivity contribution in [3.05, 3.63) is 48.0 Å². The van der Waals surface area contributed by atoms with Gasteiger partial charge in [-0.2, -0.15) is 8.78 Å². The van der Waals surface area contributed by atoms with Gasteiger partial charge < -0.3 is 14.8 Å². The minimum Gasteiger partial charge on any atom is -0.493 e. The molecule has 2 rings (SSSR count). The van der Waals surface area contributed by atoms with Crippen LogP contribution in [0.1, 0.15) is 5.56 Å². The first-order valence-electron chi connectivity index (χ1n) is 7.10. The molecular weight excluding hydrogens is 336 g/mol. The van der Waals surface area contributed by atoms with E-state index in [0.717, 1.165) is 5.56 Å². The van der Waals surface area contributed by atoms with E-state index in [1.165, 1.54) is 13.2 Å². The van der Waals surface area contributed by atoms with Gasteiger partial charge in [-0.3, -0.25) is 4.79 Å². The molecule has 1 amide bonds. The molecule has 0 aromatic heterocycles. The Balaban J connectivity index is 1.99. The van der Waals surface area contributed by atoms with Gasteiger partial charge in [0.1, 0.15) is 0 Å². The third-order valence-corrected chi connectivity index (χ3v) is 3.84. The van der Waals surface area contributed by atoms with E-state index in [4.69, 9.17) is 9.47 Å². The van der Waals surface area contributed by atoms with E-state index in [2.05, 4.69) is 5.32 Å². The number of rotatable bonds is 7. The van der Waals surface area contributed by atoms with Crippen LogP contribution in [0, 0.1) is 6.92 Å². The number of hydrogen-bond acceptors (Lipinski definition) is 4. The number of anilines is 1. The van der Waals surface area contributed by atoms with Crippen molar-refractivity contribution in [1.29, 1.82) is 0 Å². The molecule has 0 heterocycles. The SMILES string of the molecule is COc1cc(C)ccc1OCC(=O)Nc1ccccc1SC(F)F. The molecule has 0 aliphatic rings. The maximum atomic E-state index is 12.5. The standard InChI is InChI=1S/C17H17F2NO3S/c1-11-7-8-13(14(9-11)22-2)23-10-16(21)20-12-5-3-4-6-15(12)24-17(18)19/h3-9,17H,10H2,1-2H3,(H,20,21). The van der Waals surface area contributed by atoms with Crippen LogP contribution >= 0.6 is 11.8 Å². The summed E-state index contributed by atoms with van der Waals surface area (Å²) >= 11 is 0.380. The molecule has 24 heavy (non-hydrogen) atoms. The van der Waals surface area contributed by atoms with Crippen LogP contribution in [0.4, 0.5) is 14.5 Å². The summed E-state index contributed by atoms with van der Waals surface area (Å²) in [5, 5.41) is 2.58. The largest absolute Gasteiger partial charge is 0.493 e. The molecule has 2 aromatic carbocycles. The molecule has 0 saturated heterocycles. The van der Waals surface area contributed by atoms with Crippen molar-refractivity contribution in [1.82, 2.24) is 0 Å². The Hall–Kier alpha value is -2.28. The fourth-order valence-corrected chi connectivity index (χ4v) is 2.59. The third kappa shape index (κ3) is 5.13. The summed E-state index contributed by atoms with van der Waals surface area (Å²) in [6.07, 6.45) is 0. The zero-order valence-corrected chi connectivity index (χ0v) is 14.0. The molecule has 7 heteroatoms. The van der Waals surface area contributed by atoms with Crippen LogP contribution < -0.4 is 14.8 Å². The molecule has 0 radical (unpaired) electrons. The maximum absolute atomic E-state index is 12.5. The number of methoxy groups -OCH3 is 1. The van der Waals surface area contributed by atoms with Gasteiger partial charge in [0.25, 0.3) is 11.7 Å².